The number of rotatable bonds is 5. The van der Waals surface area contributed by atoms with E-state index in [2.05, 4.69) is 4.98 Å². The van der Waals surface area contributed by atoms with Crippen LogP contribution < -0.4 is 9.47 Å². The molecule has 0 spiro atoms. The molecule has 5 heteroatoms. The summed E-state index contributed by atoms with van der Waals surface area (Å²) in [6, 6.07) is 7.28. The van der Waals surface area contributed by atoms with Crippen molar-refractivity contribution in [2.24, 2.45) is 0 Å². The highest BCUT2D eigenvalue weighted by Gasteiger charge is 2.04. The summed E-state index contributed by atoms with van der Waals surface area (Å²) in [5.41, 5.74) is 0. The van der Waals surface area contributed by atoms with Crippen LogP contribution in [0.2, 0.25) is 0 Å². The maximum absolute atomic E-state index is 10.5. The summed E-state index contributed by atoms with van der Waals surface area (Å²) in [5, 5.41) is 0.453. The van der Waals surface area contributed by atoms with Gasteiger partial charge in [-0.05, 0) is 38.1 Å². The SMILES string of the molecule is CC(C)Oc1ccc(Oc2ncc(C=O)s2)cc1. The molecular weight excluding hydrogens is 250 g/mol. The average molecular weight is 263 g/mol. The van der Waals surface area contributed by atoms with Gasteiger partial charge < -0.3 is 9.47 Å². The largest absolute Gasteiger partial charge is 0.491 e. The molecule has 0 aliphatic carbocycles. The van der Waals surface area contributed by atoms with Crippen LogP contribution in [0.25, 0.3) is 0 Å². The first-order valence-electron chi connectivity index (χ1n) is 5.53. The molecule has 0 amide bonds. The zero-order valence-corrected chi connectivity index (χ0v) is 10.9. The highest BCUT2D eigenvalue weighted by atomic mass is 32.1. The predicted octanol–water partition coefficient (Wildman–Crippen LogP) is 3.54. The van der Waals surface area contributed by atoms with Gasteiger partial charge in [-0.25, -0.2) is 4.98 Å². The van der Waals surface area contributed by atoms with Crippen molar-refractivity contribution >= 4 is 17.6 Å². The van der Waals surface area contributed by atoms with Gasteiger partial charge in [0.15, 0.2) is 6.29 Å². The summed E-state index contributed by atoms with van der Waals surface area (Å²) >= 11 is 1.21. The van der Waals surface area contributed by atoms with E-state index < -0.39 is 0 Å². The minimum atomic E-state index is 0.144. The highest BCUT2D eigenvalue weighted by molar-refractivity contribution is 7.15. The van der Waals surface area contributed by atoms with Gasteiger partial charge in [-0.1, -0.05) is 11.3 Å². The number of hydrogen-bond donors (Lipinski definition) is 0. The average Bonchev–Trinajstić information content (AvgIpc) is 2.79. The lowest BCUT2D eigenvalue weighted by atomic mass is 10.3. The summed E-state index contributed by atoms with van der Waals surface area (Å²) < 4.78 is 11.0. The Balaban J connectivity index is 2.03. The van der Waals surface area contributed by atoms with Crippen LogP contribution in [0.5, 0.6) is 16.7 Å². The first-order valence-corrected chi connectivity index (χ1v) is 6.34. The lowest BCUT2D eigenvalue weighted by molar-refractivity contribution is 0.112. The van der Waals surface area contributed by atoms with E-state index >= 15 is 0 Å². The fourth-order valence-electron chi connectivity index (χ4n) is 1.33. The zero-order chi connectivity index (χ0) is 13.0. The number of aromatic nitrogens is 1. The molecule has 2 rings (SSSR count). The fraction of sp³-hybridized carbons (Fsp3) is 0.231. The van der Waals surface area contributed by atoms with Gasteiger partial charge in [-0.3, -0.25) is 4.79 Å². The van der Waals surface area contributed by atoms with Crippen molar-refractivity contribution in [1.82, 2.24) is 4.98 Å². The van der Waals surface area contributed by atoms with Crippen molar-refractivity contribution in [2.45, 2.75) is 20.0 Å². The van der Waals surface area contributed by atoms with E-state index in [1.807, 2.05) is 26.0 Å². The lowest BCUT2D eigenvalue weighted by Gasteiger charge is -2.09. The molecule has 1 aromatic heterocycles. The number of thiazole rings is 1. The van der Waals surface area contributed by atoms with E-state index in [4.69, 9.17) is 9.47 Å². The van der Waals surface area contributed by atoms with Gasteiger partial charge in [0, 0.05) is 0 Å². The Bertz CT molecular complexity index is 519. The zero-order valence-electron chi connectivity index (χ0n) is 10.1. The summed E-state index contributed by atoms with van der Waals surface area (Å²) in [5.74, 6) is 1.46. The van der Waals surface area contributed by atoms with Crippen LogP contribution in [0.1, 0.15) is 23.5 Å². The fourth-order valence-corrected chi connectivity index (χ4v) is 1.93. The molecule has 2 aromatic rings. The third-order valence-electron chi connectivity index (χ3n) is 2.02. The van der Waals surface area contributed by atoms with Crippen LogP contribution in [0.15, 0.2) is 30.5 Å². The van der Waals surface area contributed by atoms with E-state index in [9.17, 15) is 4.79 Å². The number of ether oxygens (including phenoxy) is 2. The van der Waals surface area contributed by atoms with Gasteiger partial charge in [0.05, 0.1) is 17.2 Å². The molecule has 0 unspecified atom stereocenters. The van der Waals surface area contributed by atoms with Crippen molar-refractivity contribution < 1.29 is 14.3 Å². The molecule has 18 heavy (non-hydrogen) atoms. The molecule has 0 saturated heterocycles. The summed E-state index contributed by atoms with van der Waals surface area (Å²) in [7, 11) is 0. The van der Waals surface area contributed by atoms with Crippen molar-refractivity contribution in [2.75, 3.05) is 0 Å². The second-order valence-corrected chi connectivity index (χ2v) is 4.91. The first-order chi connectivity index (χ1) is 8.67. The topological polar surface area (TPSA) is 48.4 Å². The third-order valence-corrected chi connectivity index (χ3v) is 2.82. The Labute approximate surface area is 109 Å². The standard InChI is InChI=1S/C13H13NO3S/c1-9(2)16-10-3-5-11(6-4-10)17-13-14-7-12(8-15)18-13/h3-9H,1-2H3. The van der Waals surface area contributed by atoms with Crippen LogP contribution in [0, 0.1) is 0 Å². The van der Waals surface area contributed by atoms with Gasteiger partial charge in [-0.2, -0.15) is 0 Å². The Morgan fingerprint density at radius 3 is 2.44 bits per heavy atom. The van der Waals surface area contributed by atoms with E-state index in [-0.39, 0.29) is 6.10 Å². The molecule has 94 valence electrons. The Hall–Kier alpha value is -1.88. The van der Waals surface area contributed by atoms with Gasteiger partial charge >= 0.3 is 0 Å². The monoisotopic (exact) mass is 263 g/mol. The third kappa shape index (κ3) is 3.30. The van der Waals surface area contributed by atoms with Gasteiger partial charge in [0.1, 0.15) is 11.5 Å². The Morgan fingerprint density at radius 1 is 1.22 bits per heavy atom. The smallest absolute Gasteiger partial charge is 0.279 e. The maximum atomic E-state index is 10.5. The van der Waals surface area contributed by atoms with Crippen LogP contribution >= 0.6 is 11.3 Å². The number of carbonyl (C=O) groups is 1. The molecule has 0 aliphatic heterocycles. The van der Waals surface area contributed by atoms with E-state index in [0.29, 0.717) is 15.8 Å². The Kier molecular flexibility index (Phi) is 3.94. The molecule has 4 nitrogen and oxygen atoms in total. The number of nitrogens with zero attached hydrogens (tertiary/aromatic N) is 1. The number of aldehydes is 1. The van der Waals surface area contributed by atoms with E-state index in [0.717, 1.165) is 12.0 Å². The molecule has 0 N–H and O–H groups in total. The lowest BCUT2D eigenvalue weighted by Crippen LogP contribution is -2.05. The van der Waals surface area contributed by atoms with Crippen molar-refractivity contribution in [3.05, 3.63) is 35.3 Å². The molecule has 1 aromatic carbocycles. The van der Waals surface area contributed by atoms with Crippen LogP contribution in [0.3, 0.4) is 0 Å². The molecule has 0 fully saturated rings. The van der Waals surface area contributed by atoms with Crippen molar-refractivity contribution in [3.8, 4) is 16.7 Å². The molecule has 0 atom stereocenters. The quantitative estimate of drug-likeness (QED) is 0.774. The van der Waals surface area contributed by atoms with Crippen LogP contribution in [-0.2, 0) is 0 Å². The molecule has 0 aliphatic rings. The molecular formula is C13H13NO3S. The van der Waals surface area contributed by atoms with Gasteiger partial charge in [-0.15, -0.1) is 0 Å². The van der Waals surface area contributed by atoms with Crippen LogP contribution in [0.4, 0.5) is 0 Å². The minimum Gasteiger partial charge on any atom is -0.491 e. The predicted molar refractivity (Wildman–Crippen MR) is 69.8 cm³/mol. The van der Waals surface area contributed by atoms with E-state index in [1.165, 1.54) is 17.5 Å². The Morgan fingerprint density at radius 2 is 1.89 bits per heavy atom. The molecule has 0 radical (unpaired) electrons. The van der Waals surface area contributed by atoms with Crippen molar-refractivity contribution in [3.63, 3.8) is 0 Å². The summed E-state index contributed by atoms with van der Waals surface area (Å²) in [6.45, 7) is 3.95. The molecule has 0 saturated carbocycles. The van der Waals surface area contributed by atoms with E-state index in [1.54, 1.807) is 12.1 Å². The van der Waals surface area contributed by atoms with Gasteiger partial charge in [0.2, 0.25) is 0 Å². The number of benzene rings is 1. The minimum absolute atomic E-state index is 0.144. The normalized spacial score (nSPS) is 10.4. The molecule has 0 bridgehead atoms. The summed E-state index contributed by atoms with van der Waals surface area (Å²) in [6.07, 6.45) is 2.39. The van der Waals surface area contributed by atoms with Crippen LogP contribution in [-0.4, -0.2) is 17.4 Å². The molecule has 1 heterocycles. The first kappa shape index (κ1) is 12.6. The van der Waals surface area contributed by atoms with Crippen molar-refractivity contribution in [1.29, 1.82) is 0 Å². The number of carbonyl (C=O) groups excluding carboxylic acids is 1. The van der Waals surface area contributed by atoms with Gasteiger partial charge in [0.25, 0.3) is 5.19 Å². The second-order valence-electron chi connectivity index (χ2n) is 3.89. The maximum Gasteiger partial charge on any atom is 0.279 e. The summed E-state index contributed by atoms with van der Waals surface area (Å²) in [4.78, 5) is 15.1. The second kappa shape index (κ2) is 5.64. The highest BCUT2D eigenvalue weighted by Crippen LogP contribution is 2.27. The number of hydrogen-bond acceptors (Lipinski definition) is 5.